The van der Waals surface area contributed by atoms with Crippen molar-refractivity contribution < 1.29 is 9.47 Å². The molecule has 0 heterocycles. The first kappa shape index (κ1) is 16.8. The fraction of sp³-hybridized carbons (Fsp3) is 0.294. The van der Waals surface area contributed by atoms with Crippen LogP contribution in [0.4, 0.5) is 5.69 Å². The predicted molar refractivity (Wildman–Crippen MR) is 92.7 cm³/mol. The number of ether oxygens (including phenoxy) is 2. The lowest BCUT2D eigenvalue weighted by Gasteiger charge is -2.14. The van der Waals surface area contributed by atoms with Crippen LogP contribution >= 0.6 is 23.2 Å². The second-order valence-electron chi connectivity index (χ2n) is 4.86. The van der Waals surface area contributed by atoms with Crippen LogP contribution in [0.15, 0.2) is 30.3 Å². The van der Waals surface area contributed by atoms with E-state index in [9.17, 15) is 0 Å². The SMILES string of the molecule is CCOc1c(Cl)cc(CNc2ccc(C)c(Cl)c2)cc1OC. The molecular formula is C17H19Cl2NO2. The van der Waals surface area contributed by atoms with E-state index in [0.717, 1.165) is 21.8 Å². The van der Waals surface area contributed by atoms with Crippen LogP contribution in [0.1, 0.15) is 18.1 Å². The molecular weight excluding hydrogens is 321 g/mol. The lowest BCUT2D eigenvalue weighted by Crippen LogP contribution is -2.02. The van der Waals surface area contributed by atoms with Crippen LogP contribution in [-0.2, 0) is 6.54 Å². The van der Waals surface area contributed by atoms with Gasteiger partial charge in [0.25, 0.3) is 0 Å². The summed E-state index contributed by atoms with van der Waals surface area (Å²) in [5.74, 6) is 1.21. The Morgan fingerprint density at radius 3 is 2.50 bits per heavy atom. The number of benzene rings is 2. The van der Waals surface area contributed by atoms with Crippen molar-refractivity contribution >= 4 is 28.9 Å². The molecule has 0 aliphatic carbocycles. The lowest BCUT2D eigenvalue weighted by atomic mass is 10.2. The van der Waals surface area contributed by atoms with E-state index in [-0.39, 0.29) is 0 Å². The molecule has 0 atom stereocenters. The van der Waals surface area contributed by atoms with Gasteiger partial charge < -0.3 is 14.8 Å². The van der Waals surface area contributed by atoms with Crippen LogP contribution in [-0.4, -0.2) is 13.7 Å². The van der Waals surface area contributed by atoms with Crippen molar-refractivity contribution in [1.29, 1.82) is 0 Å². The van der Waals surface area contributed by atoms with Crippen molar-refractivity contribution in [2.24, 2.45) is 0 Å². The number of hydrogen-bond donors (Lipinski definition) is 1. The monoisotopic (exact) mass is 339 g/mol. The van der Waals surface area contributed by atoms with E-state index in [1.807, 2.05) is 44.2 Å². The molecule has 0 bridgehead atoms. The molecule has 2 aromatic carbocycles. The summed E-state index contributed by atoms with van der Waals surface area (Å²) in [6.45, 7) is 5.03. The molecule has 5 heteroatoms. The summed E-state index contributed by atoms with van der Waals surface area (Å²) in [5.41, 5.74) is 3.01. The van der Waals surface area contributed by atoms with Crippen LogP contribution < -0.4 is 14.8 Å². The number of hydrogen-bond acceptors (Lipinski definition) is 3. The van der Waals surface area contributed by atoms with Gasteiger partial charge in [-0.05, 0) is 49.2 Å². The maximum atomic E-state index is 6.27. The fourth-order valence-corrected chi connectivity index (χ4v) is 2.54. The van der Waals surface area contributed by atoms with E-state index in [1.165, 1.54) is 0 Å². The quantitative estimate of drug-likeness (QED) is 0.772. The van der Waals surface area contributed by atoms with E-state index >= 15 is 0 Å². The molecule has 22 heavy (non-hydrogen) atoms. The van der Waals surface area contributed by atoms with Gasteiger partial charge in [0.15, 0.2) is 11.5 Å². The van der Waals surface area contributed by atoms with Gasteiger partial charge in [0.2, 0.25) is 0 Å². The Balaban J connectivity index is 2.15. The van der Waals surface area contributed by atoms with Gasteiger partial charge in [-0.2, -0.15) is 0 Å². The molecule has 0 aromatic heterocycles. The molecule has 0 aliphatic rings. The molecule has 0 radical (unpaired) electrons. The molecule has 0 amide bonds. The summed E-state index contributed by atoms with van der Waals surface area (Å²) in [7, 11) is 1.60. The lowest BCUT2D eigenvalue weighted by molar-refractivity contribution is 0.311. The third kappa shape index (κ3) is 3.99. The van der Waals surface area contributed by atoms with Gasteiger partial charge >= 0.3 is 0 Å². The van der Waals surface area contributed by atoms with Crippen molar-refractivity contribution in [3.8, 4) is 11.5 Å². The third-order valence-corrected chi connectivity index (χ3v) is 3.93. The molecule has 0 fully saturated rings. The van der Waals surface area contributed by atoms with Crippen molar-refractivity contribution in [3.63, 3.8) is 0 Å². The molecule has 0 saturated carbocycles. The van der Waals surface area contributed by atoms with Gasteiger partial charge in [0.1, 0.15) is 0 Å². The molecule has 0 spiro atoms. The Morgan fingerprint density at radius 2 is 1.86 bits per heavy atom. The Hall–Kier alpha value is -1.58. The minimum absolute atomic E-state index is 0.537. The van der Waals surface area contributed by atoms with E-state index in [2.05, 4.69) is 5.32 Å². The first-order valence-electron chi connectivity index (χ1n) is 7.04. The Kier molecular flexibility index (Phi) is 5.81. The van der Waals surface area contributed by atoms with Crippen LogP contribution in [0.3, 0.4) is 0 Å². The first-order chi connectivity index (χ1) is 10.5. The van der Waals surface area contributed by atoms with E-state index in [1.54, 1.807) is 7.11 Å². The van der Waals surface area contributed by atoms with Crippen molar-refractivity contribution in [3.05, 3.63) is 51.5 Å². The highest BCUT2D eigenvalue weighted by Gasteiger charge is 2.11. The zero-order chi connectivity index (χ0) is 16.1. The van der Waals surface area contributed by atoms with Gasteiger partial charge in [-0.15, -0.1) is 0 Å². The van der Waals surface area contributed by atoms with Crippen molar-refractivity contribution in [1.82, 2.24) is 0 Å². The van der Waals surface area contributed by atoms with E-state index in [0.29, 0.717) is 29.7 Å². The Labute approximate surface area is 141 Å². The zero-order valence-electron chi connectivity index (χ0n) is 12.9. The van der Waals surface area contributed by atoms with E-state index in [4.69, 9.17) is 32.7 Å². The predicted octanol–water partition coefficient (Wildman–Crippen LogP) is 5.32. The second kappa shape index (κ2) is 7.61. The van der Waals surface area contributed by atoms with Gasteiger partial charge in [0.05, 0.1) is 18.7 Å². The normalized spacial score (nSPS) is 10.4. The minimum atomic E-state index is 0.537. The average molecular weight is 340 g/mol. The Bertz CT molecular complexity index is 659. The molecule has 2 rings (SSSR count). The number of methoxy groups -OCH3 is 1. The van der Waals surface area contributed by atoms with Crippen LogP contribution in [0.5, 0.6) is 11.5 Å². The maximum absolute atomic E-state index is 6.27. The minimum Gasteiger partial charge on any atom is -0.493 e. The smallest absolute Gasteiger partial charge is 0.179 e. The standard InChI is InChI=1S/C17H19Cl2NO2/c1-4-22-17-15(19)7-12(8-16(17)21-3)10-20-13-6-5-11(2)14(18)9-13/h5-9,20H,4,10H2,1-3H3. The molecule has 1 N–H and O–H groups in total. The van der Waals surface area contributed by atoms with Crippen LogP contribution in [0.2, 0.25) is 10.0 Å². The van der Waals surface area contributed by atoms with Crippen molar-refractivity contribution in [2.45, 2.75) is 20.4 Å². The number of rotatable bonds is 6. The number of halogens is 2. The number of nitrogens with one attached hydrogen (secondary N) is 1. The summed E-state index contributed by atoms with van der Waals surface area (Å²) >= 11 is 12.4. The average Bonchev–Trinajstić information content (AvgIpc) is 2.50. The van der Waals surface area contributed by atoms with Crippen molar-refractivity contribution in [2.75, 3.05) is 19.0 Å². The fourth-order valence-electron chi connectivity index (χ4n) is 2.07. The first-order valence-corrected chi connectivity index (χ1v) is 7.80. The highest BCUT2D eigenvalue weighted by Crippen LogP contribution is 2.36. The van der Waals surface area contributed by atoms with Gasteiger partial charge in [-0.25, -0.2) is 0 Å². The molecule has 118 valence electrons. The largest absolute Gasteiger partial charge is 0.493 e. The highest BCUT2D eigenvalue weighted by atomic mass is 35.5. The summed E-state index contributed by atoms with van der Waals surface area (Å²) < 4.78 is 10.9. The zero-order valence-corrected chi connectivity index (χ0v) is 14.4. The van der Waals surface area contributed by atoms with E-state index < -0.39 is 0 Å². The Morgan fingerprint density at radius 1 is 1.09 bits per heavy atom. The summed E-state index contributed by atoms with van der Waals surface area (Å²) in [6.07, 6.45) is 0. The molecule has 0 unspecified atom stereocenters. The summed E-state index contributed by atoms with van der Waals surface area (Å²) in [5, 5.41) is 4.60. The third-order valence-electron chi connectivity index (χ3n) is 3.25. The number of aryl methyl sites for hydroxylation is 1. The maximum Gasteiger partial charge on any atom is 0.179 e. The summed E-state index contributed by atoms with van der Waals surface area (Å²) in [6, 6.07) is 9.67. The topological polar surface area (TPSA) is 30.5 Å². The second-order valence-corrected chi connectivity index (χ2v) is 5.67. The summed E-state index contributed by atoms with van der Waals surface area (Å²) in [4.78, 5) is 0. The number of anilines is 1. The van der Waals surface area contributed by atoms with Crippen LogP contribution in [0, 0.1) is 6.92 Å². The van der Waals surface area contributed by atoms with Gasteiger partial charge in [0, 0.05) is 17.3 Å². The van der Waals surface area contributed by atoms with Crippen LogP contribution in [0.25, 0.3) is 0 Å². The molecule has 0 aliphatic heterocycles. The van der Waals surface area contributed by atoms with Gasteiger partial charge in [-0.1, -0.05) is 29.3 Å². The molecule has 3 nitrogen and oxygen atoms in total. The highest BCUT2D eigenvalue weighted by molar-refractivity contribution is 6.32. The molecule has 2 aromatic rings. The van der Waals surface area contributed by atoms with Gasteiger partial charge in [-0.3, -0.25) is 0 Å². The molecule has 0 saturated heterocycles.